The lowest BCUT2D eigenvalue weighted by Crippen LogP contribution is -2.66. The standard InChI is InChI=1S/C19H38N4O4S/c1-3-13(2)16(22-10-14(20)12-28)11-23-19(7-9-24,18(26)27)17(25)15-6-4-5-8-21-15/h13-16,21-24,28H,3-12,20H2,1-2H3,(H,26,27)/t13?,14-,15-,16?,19?/m0/s1. The van der Waals surface area contributed by atoms with Crippen molar-refractivity contribution in [2.24, 2.45) is 11.7 Å². The third kappa shape index (κ3) is 6.96. The van der Waals surface area contributed by atoms with Gasteiger partial charge in [0, 0.05) is 44.0 Å². The Morgan fingerprint density at radius 1 is 1.36 bits per heavy atom. The third-order valence-electron chi connectivity index (χ3n) is 5.73. The van der Waals surface area contributed by atoms with Crippen LogP contribution in [0.15, 0.2) is 0 Å². The molecule has 0 saturated carbocycles. The van der Waals surface area contributed by atoms with Crippen LogP contribution in [0.3, 0.4) is 0 Å². The molecule has 0 radical (unpaired) electrons. The van der Waals surface area contributed by atoms with Crippen LogP contribution in [-0.2, 0) is 9.59 Å². The van der Waals surface area contributed by atoms with Crippen LogP contribution in [0.2, 0.25) is 0 Å². The van der Waals surface area contributed by atoms with Gasteiger partial charge in [-0.15, -0.1) is 0 Å². The van der Waals surface area contributed by atoms with E-state index in [0.29, 0.717) is 31.8 Å². The van der Waals surface area contributed by atoms with Crippen molar-refractivity contribution >= 4 is 24.4 Å². The number of ketones is 1. The number of aliphatic hydroxyl groups is 1. The predicted octanol–water partition coefficient (Wildman–Crippen LogP) is -0.246. The average Bonchev–Trinajstić information content (AvgIpc) is 2.71. The summed E-state index contributed by atoms with van der Waals surface area (Å²) in [6.07, 6.45) is 3.21. The van der Waals surface area contributed by atoms with Gasteiger partial charge in [0.05, 0.1) is 6.04 Å². The van der Waals surface area contributed by atoms with Gasteiger partial charge in [-0.3, -0.25) is 10.1 Å². The van der Waals surface area contributed by atoms with Crippen molar-refractivity contribution in [3.63, 3.8) is 0 Å². The first-order valence-corrected chi connectivity index (χ1v) is 10.9. The molecule has 0 aliphatic carbocycles. The number of rotatable bonds is 14. The van der Waals surface area contributed by atoms with Crippen LogP contribution >= 0.6 is 12.6 Å². The Morgan fingerprint density at radius 2 is 2.07 bits per heavy atom. The van der Waals surface area contributed by atoms with E-state index in [1.165, 1.54) is 0 Å². The molecule has 7 N–H and O–H groups in total. The minimum atomic E-state index is -1.80. The molecule has 3 unspecified atom stereocenters. The monoisotopic (exact) mass is 418 g/mol. The highest BCUT2D eigenvalue weighted by molar-refractivity contribution is 7.80. The van der Waals surface area contributed by atoms with Crippen LogP contribution < -0.4 is 21.7 Å². The molecular formula is C19H38N4O4S. The third-order valence-corrected chi connectivity index (χ3v) is 6.20. The zero-order valence-corrected chi connectivity index (χ0v) is 18.0. The molecule has 28 heavy (non-hydrogen) atoms. The lowest BCUT2D eigenvalue weighted by molar-refractivity contribution is -0.152. The zero-order valence-electron chi connectivity index (χ0n) is 17.1. The van der Waals surface area contributed by atoms with Crippen LogP contribution in [0, 0.1) is 5.92 Å². The minimum Gasteiger partial charge on any atom is -0.480 e. The van der Waals surface area contributed by atoms with Crippen molar-refractivity contribution in [2.75, 3.05) is 32.0 Å². The van der Waals surface area contributed by atoms with Gasteiger partial charge in [-0.2, -0.15) is 12.6 Å². The molecule has 1 aliphatic heterocycles. The van der Waals surface area contributed by atoms with E-state index < -0.39 is 23.3 Å². The van der Waals surface area contributed by atoms with Crippen LogP contribution in [-0.4, -0.2) is 77.6 Å². The van der Waals surface area contributed by atoms with E-state index in [-0.39, 0.29) is 31.0 Å². The van der Waals surface area contributed by atoms with E-state index in [1.807, 2.05) is 0 Å². The Balaban J connectivity index is 2.96. The van der Waals surface area contributed by atoms with Crippen LogP contribution in [0.4, 0.5) is 0 Å². The predicted molar refractivity (Wildman–Crippen MR) is 114 cm³/mol. The summed E-state index contributed by atoms with van der Waals surface area (Å²) in [5, 5.41) is 29.0. The molecule has 1 saturated heterocycles. The number of hydrogen-bond donors (Lipinski definition) is 7. The normalized spacial score (nSPS) is 22.8. The summed E-state index contributed by atoms with van der Waals surface area (Å²) in [5.41, 5.74) is 4.13. The molecular weight excluding hydrogens is 380 g/mol. The Labute approximate surface area is 173 Å². The molecule has 0 aromatic rings. The number of Topliss-reactive ketones (excluding diaryl/α,β-unsaturated/α-hetero) is 1. The molecule has 1 rings (SSSR count). The smallest absolute Gasteiger partial charge is 0.331 e. The van der Waals surface area contributed by atoms with Crippen molar-refractivity contribution in [3.8, 4) is 0 Å². The maximum Gasteiger partial charge on any atom is 0.331 e. The number of nitrogens with one attached hydrogen (secondary N) is 3. The van der Waals surface area contributed by atoms with E-state index in [9.17, 15) is 19.8 Å². The average molecular weight is 419 g/mol. The highest BCUT2D eigenvalue weighted by Crippen LogP contribution is 2.20. The number of hydrogen-bond acceptors (Lipinski definition) is 8. The van der Waals surface area contributed by atoms with Crippen molar-refractivity contribution in [1.29, 1.82) is 0 Å². The summed E-state index contributed by atoms with van der Waals surface area (Å²) in [5.74, 6) is -0.843. The first-order valence-electron chi connectivity index (χ1n) is 10.3. The molecule has 5 atom stereocenters. The fourth-order valence-corrected chi connectivity index (χ4v) is 3.67. The summed E-state index contributed by atoms with van der Waals surface area (Å²) in [7, 11) is 0. The second-order valence-electron chi connectivity index (χ2n) is 7.77. The van der Waals surface area contributed by atoms with Crippen molar-refractivity contribution in [2.45, 2.75) is 69.6 Å². The number of aliphatic hydroxyl groups excluding tert-OH is 1. The van der Waals surface area contributed by atoms with Crippen LogP contribution in [0.5, 0.6) is 0 Å². The van der Waals surface area contributed by atoms with Crippen LogP contribution in [0.1, 0.15) is 46.0 Å². The van der Waals surface area contributed by atoms with Gasteiger partial charge >= 0.3 is 5.97 Å². The number of aliphatic carboxylic acids is 1. The zero-order chi connectivity index (χ0) is 21.2. The SMILES string of the molecule is CCC(C)C(CNC(CCO)(C(=O)O)C(=O)[C@@H]1CCCCN1)NC[C@H](N)CS. The number of carboxylic acid groups (broad SMARTS) is 1. The molecule has 0 aromatic heterocycles. The second kappa shape index (κ2) is 12.8. The first kappa shape index (κ1) is 25.3. The van der Waals surface area contributed by atoms with E-state index >= 15 is 0 Å². The first-order chi connectivity index (χ1) is 13.3. The summed E-state index contributed by atoms with van der Waals surface area (Å²) in [6.45, 7) is 5.29. The fourth-order valence-electron chi connectivity index (χ4n) is 3.54. The Morgan fingerprint density at radius 3 is 2.57 bits per heavy atom. The molecule has 1 aliphatic rings. The molecule has 0 amide bonds. The van der Waals surface area contributed by atoms with Crippen molar-refractivity contribution in [1.82, 2.24) is 16.0 Å². The second-order valence-corrected chi connectivity index (χ2v) is 8.14. The van der Waals surface area contributed by atoms with E-state index in [2.05, 4.69) is 42.4 Å². The molecule has 8 nitrogen and oxygen atoms in total. The summed E-state index contributed by atoms with van der Waals surface area (Å²) >= 11 is 4.19. The Kier molecular flexibility index (Phi) is 11.5. The lowest BCUT2D eigenvalue weighted by Gasteiger charge is -2.36. The molecule has 1 fully saturated rings. The van der Waals surface area contributed by atoms with E-state index in [1.54, 1.807) is 0 Å². The van der Waals surface area contributed by atoms with E-state index in [4.69, 9.17) is 5.73 Å². The Bertz CT molecular complexity index is 491. The maximum absolute atomic E-state index is 13.1. The van der Waals surface area contributed by atoms with Gasteiger partial charge in [0.2, 0.25) is 0 Å². The number of thiol groups is 1. The summed E-state index contributed by atoms with van der Waals surface area (Å²) in [4.78, 5) is 25.3. The van der Waals surface area contributed by atoms with Gasteiger partial charge in [0.25, 0.3) is 0 Å². The highest BCUT2D eigenvalue weighted by Gasteiger charge is 2.48. The molecule has 0 aromatic carbocycles. The highest BCUT2D eigenvalue weighted by atomic mass is 32.1. The fraction of sp³-hybridized carbons (Fsp3) is 0.895. The number of carbonyl (C=O) groups is 2. The van der Waals surface area contributed by atoms with Gasteiger partial charge in [-0.05, 0) is 25.3 Å². The minimum absolute atomic E-state index is 0.0551. The molecule has 164 valence electrons. The number of nitrogens with two attached hydrogens (primary N) is 1. The van der Waals surface area contributed by atoms with Crippen molar-refractivity contribution < 1.29 is 19.8 Å². The van der Waals surface area contributed by atoms with Gasteiger partial charge in [0.1, 0.15) is 0 Å². The summed E-state index contributed by atoms with van der Waals surface area (Å²) < 4.78 is 0. The van der Waals surface area contributed by atoms with E-state index in [0.717, 1.165) is 19.3 Å². The van der Waals surface area contributed by atoms with Crippen molar-refractivity contribution in [3.05, 3.63) is 0 Å². The molecule has 0 spiro atoms. The topological polar surface area (TPSA) is 137 Å². The number of carboxylic acids is 1. The molecule has 9 heteroatoms. The number of carbonyl (C=O) groups excluding carboxylic acids is 1. The van der Waals surface area contributed by atoms with Gasteiger partial charge in [-0.1, -0.05) is 26.7 Å². The molecule has 1 heterocycles. The number of piperidine rings is 1. The molecule has 0 bridgehead atoms. The van der Waals surface area contributed by atoms with Gasteiger partial charge in [-0.25, -0.2) is 4.79 Å². The Hall–Kier alpha value is -0.710. The quantitative estimate of drug-likeness (QED) is 0.152. The lowest BCUT2D eigenvalue weighted by atomic mass is 9.83. The van der Waals surface area contributed by atoms with Crippen LogP contribution in [0.25, 0.3) is 0 Å². The summed E-state index contributed by atoms with van der Waals surface area (Å²) in [6, 6.07) is -0.665. The van der Waals surface area contributed by atoms with Gasteiger partial charge in [0.15, 0.2) is 11.3 Å². The van der Waals surface area contributed by atoms with Gasteiger partial charge < -0.3 is 26.6 Å². The maximum atomic E-state index is 13.1. The largest absolute Gasteiger partial charge is 0.480 e.